The summed E-state index contributed by atoms with van der Waals surface area (Å²) < 4.78 is 111. The third-order valence-corrected chi connectivity index (χ3v) is 5.80. The van der Waals surface area contributed by atoms with Crippen LogP contribution >= 0.6 is 0 Å². The molecule has 0 saturated carbocycles. The van der Waals surface area contributed by atoms with Crippen molar-refractivity contribution < 1.29 is 35.0 Å². The number of alkyl halides is 6. The average molecular weight is 504 g/mol. The van der Waals surface area contributed by atoms with E-state index in [1.807, 2.05) is 0 Å². The third-order valence-electron chi connectivity index (χ3n) is 5.80. The number of allylic oxidation sites excluding steroid dienone is 1. The first kappa shape index (κ1) is 23.8. The molecule has 3 aromatic carbocycles. The molecule has 0 fully saturated rings. The summed E-state index contributed by atoms with van der Waals surface area (Å²) in [4.78, 5) is 4.36. The van der Waals surface area contributed by atoms with Crippen LogP contribution in [0.15, 0.2) is 83.5 Å². The SMILES string of the molecule is FB(F)n1c(/C(=C2/C=c3ccccc3=N2)c2cc(C(F)(F)F)cc(C(F)(F)F)c2)cc2ccccc21. The second-order valence-corrected chi connectivity index (χ2v) is 8.11. The Balaban J connectivity index is 1.92. The van der Waals surface area contributed by atoms with Crippen molar-refractivity contribution in [2.75, 3.05) is 0 Å². The second kappa shape index (κ2) is 8.36. The highest BCUT2D eigenvalue weighted by atomic mass is 19.4. The van der Waals surface area contributed by atoms with Crippen LogP contribution in [-0.4, -0.2) is 11.9 Å². The van der Waals surface area contributed by atoms with E-state index in [4.69, 9.17) is 0 Å². The first-order chi connectivity index (χ1) is 16.9. The Kier molecular flexibility index (Phi) is 5.53. The number of para-hydroxylation sites is 2. The molecule has 0 spiro atoms. The molecular weight excluding hydrogens is 491 g/mol. The molecule has 1 aliphatic heterocycles. The largest absolute Gasteiger partial charge is 0.678 e. The maximum Gasteiger partial charge on any atom is 0.678 e. The van der Waals surface area contributed by atoms with Gasteiger partial charge in [-0.25, -0.2) is 4.99 Å². The number of hydrogen-bond donors (Lipinski definition) is 0. The summed E-state index contributed by atoms with van der Waals surface area (Å²) >= 11 is 0. The normalized spacial score (nSPS) is 14.9. The molecule has 4 aromatic rings. The molecule has 0 N–H and O–H groups in total. The molecule has 0 radical (unpaired) electrons. The Hall–Kier alpha value is -3.89. The van der Waals surface area contributed by atoms with Crippen molar-refractivity contribution in [3.05, 3.63) is 111 Å². The first-order valence-electron chi connectivity index (χ1n) is 10.5. The zero-order valence-electron chi connectivity index (χ0n) is 18.0. The topological polar surface area (TPSA) is 17.3 Å². The Bertz CT molecular complexity index is 1580. The van der Waals surface area contributed by atoms with Gasteiger partial charge in [0.15, 0.2) is 0 Å². The molecule has 0 atom stereocenters. The Morgan fingerprint density at radius 1 is 0.750 bits per heavy atom. The molecule has 0 saturated heterocycles. The fourth-order valence-electron chi connectivity index (χ4n) is 4.25. The highest BCUT2D eigenvalue weighted by Crippen LogP contribution is 2.41. The molecule has 0 aliphatic carbocycles. The van der Waals surface area contributed by atoms with Crippen molar-refractivity contribution in [3.8, 4) is 0 Å². The van der Waals surface area contributed by atoms with Gasteiger partial charge in [-0.1, -0.05) is 36.4 Å². The number of hydrogen-bond acceptors (Lipinski definition) is 1. The molecule has 1 aliphatic rings. The maximum absolute atomic E-state index is 14.3. The van der Waals surface area contributed by atoms with Crippen molar-refractivity contribution in [3.63, 3.8) is 0 Å². The number of fused-ring (bicyclic) bond motifs is 2. The predicted molar refractivity (Wildman–Crippen MR) is 119 cm³/mol. The molecule has 0 unspecified atom stereocenters. The van der Waals surface area contributed by atoms with Crippen LogP contribution in [0.25, 0.3) is 22.6 Å². The van der Waals surface area contributed by atoms with Crippen molar-refractivity contribution in [1.29, 1.82) is 0 Å². The van der Waals surface area contributed by atoms with Crippen LogP contribution < -0.4 is 10.6 Å². The van der Waals surface area contributed by atoms with E-state index in [0.717, 1.165) is 0 Å². The molecular formula is C25H13BF8N2. The monoisotopic (exact) mass is 504 g/mol. The van der Waals surface area contributed by atoms with Crippen LogP contribution in [0.4, 0.5) is 35.0 Å². The first-order valence-corrected chi connectivity index (χ1v) is 10.5. The van der Waals surface area contributed by atoms with Gasteiger partial charge in [0.1, 0.15) is 0 Å². The van der Waals surface area contributed by atoms with Crippen LogP contribution in [-0.2, 0) is 12.4 Å². The summed E-state index contributed by atoms with van der Waals surface area (Å²) in [5.74, 6) is 0. The maximum atomic E-state index is 14.3. The van der Waals surface area contributed by atoms with E-state index in [1.54, 1.807) is 30.3 Å². The summed E-state index contributed by atoms with van der Waals surface area (Å²) in [5, 5.41) is 1.30. The second-order valence-electron chi connectivity index (χ2n) is 8.11. The molecule has 0 amide bonds. The van der Waals surface area contributed by atoms with Gasteiger partial charge in [0.2, 0.25) is 0 Å². The van der Waals surface area contributed by atoms with Crippen LogP contribution in [0.1, 0.15) is 22.4 Å². The lowest BCUT2D eigenvalue weighted by molar-refractivity contribution is -0.143. The zero-order valence-corrected chi connectivity index (χ0v) is 18.0. The van der Waals surface area contributed by atoms with E-state index in [9.17, 15) is 35.0 Å². The van der Waals surface area contributed by atoms with Crippen LogP contribution in [0.2, 0.25) is 0 Å². The smallest absolute Gasteiger partial charge is 0.325 e. The van der Waals surface area contributed by atoms with E-state index < -0.39 is 36.4 Å². The minimum absolute atomic E-state index is 0.00129. The average Bonchev–Trinajstić information content (AvgIpc) is 3.39. The lowest BCUT2D eigenvalue weighted by Crippen LogP contribution is -2.19. The molecule has 182 valence electrons. The van der Waals surface area contributed by atoms with Gasteiger partial charge in [-0.2, -0.15) is 26.3 Å². The molecule has 36 heavy (non-hydrogen) atoms. The van der Waals surface area contributed by atoms with E-state index >= 15 is 0 Å². The zero-order chi connectivity index (χ0) is 25.8. The Labute approximate surface area is 198 Å². The van der Waals surface area contributed by atoms with E-state index in [-0.39, 0.29) is 28.5 Å². The number of benzene rings is 3. The van der Waals surface area contributed by atoms with E-state index in [2.05, 4.69) is 4.99 Å². The highest BCUT2D eigenvalue weighted by Gasteiger charge is 2.38. The molecule has 2 heterocycles. The number of rotatable bonds is 3. The fourth-order valence-corrected chi connectivity index (χ4v) is 4.25. The predicted octanol–water partition coefficient (Wildman–Crippen LogP) is 6.32. The van der Waals surface area contributed by atoms with Gasteiger partial charge < -0.3 is 4.48 Å². The van der Waals surface area contributed by atoms with Crippen molar-refractivity contribution in [2.24, 2.45) is 4.99 Å². The van der Waals surface area contributed by atoms with Gasteiger partial charge in [-0.3, -0.25) is 8.63 Å². The quantitative estimate of drug-likeness (QED) is 0.230. The third kappa shape index (κ3) is 4.18. The Morgan fingerprint density at radius 3 is 1.97 bits per heavy atom. The lowest BCUT2D eigenvalue weighted by Gasteiger charge is -2.18. The number of aromatic nitrogens is 1. The van der Waals surface area contributed by atoms with Gasteiger partial charge in [0, 0.05) is 22.0 Å². The standard InChI is InChI=1S/C25H13BF8N2/c27-24(28,29)17-9-16(10-18(13-17)25(30,31)32)23(20-11-14-5-1-3-7-19(14)35-20)22-12-15-6-2-4-8-21(15)36(22)26(33)34/h1-13H/b23-20-. The van der Waals surface area contributed by atoms with Crippen molar-refractivity contribution >= 4 is 30.0 Å². The fraction of sp³-hybridized carbons (Fsp3) is 0.0800. The summed E-state index contributed by atoms with van der Waals surface area (Å²) in [6.07, 6.45) is -8.77. The minimum Gasteiger partial charge on any atom is -0.325 e. The van der Waals surface area contributed by atoms with Crippen molar-refractivity contribution in [2.45, 2.75) is 12.4 Å². The summed E-state index contributed by atoms with van der Waals surface area (Å²) in [7, 11) is -3.13. The Morgan fingerprint density at radius 2 is 1.36 bits per heavy atom. The van der Waals surface area contributed by atoms with E-state index in [0.29, 0.717) is 32.6 Å². The molecule has 1 aromatic heterocycles. The molecule has 11 heteroatoms. The highest BCUT2D eigenvalue weighted by molar-refractivity contribution is 6.43. The molecule has 0 bridgehead atoms. The molecule has 5 rings (SSSR count). The van der Waals surface area contributed by atoms with Crippen LogP contribution in [0.5, 0.6) is 0 Å². The van der Waals surface area contributed by atoms with Crippen molar-refractivity contribution in [1.82, 2.24) is 4.48 Å². The van der Waals surface area contributed by atoms with Crippen LogP contribution in [0.3, 0.4) is 0 Å². The van der Waals surface area contributed by atoms with Gasteiger partial charge in [0.25, 0.3) is 0 Å². The summed E-state index contributed by atoms with van der Waals surface area (Å²) in [5.41, 5.74) is -4.15. The van der Waals surface area contributed by atoms with Crippen LogP contribution in [0, 0.1) is 0 Å². The molecule has 2 nitrogen and oxygen atoms in total. The van der Waals surface area contributed by atoms with Gasteiger partial charge in [-0.15, -0.1) is 0 Å². The lowest BCUT2D eigenvalue weighted by atomic mass is 9.94. The van der Waals surface area contributed by atoms with E-state index in [1.165, 1.54) is 30.3 Å². The summed E-state index contributed by atoms with van der Waals surface area (Å²) in [6.45, 7) is 0. The minimum atomic E-state index is -5.11. The van der Waals surface area contributed by atoms with Gasteiger partial charge in [0.05, 0.1) is 22.2 Å². The number of halogens is 8. The summed E-state index contributed by atoms with van der Waals surface area (Å²) in [6, 6.07) is 15.0. The van der Waals surface area contributed by atoms with Gasteiger partial charge >= 0.3 is 19.8 Å². The van der Waals surface area contributed by atoms with Gasteiger partial charge in [-0.05, 0) is 53.4 Å². The number of nitrogens with zero attached hydrogens (tertiary/aromatic N) is 2.